The van der Waals surface area contributed by atoms with Crippen molar-refractivity contribution in [1.82, 2.24) is 0 Å². The van der Waals surface area contributed by atoms with Crippen molar-refractivity contribution in [2.45, 2.75) is 127 Å². The fourth-order valence-corrected chi connectivity index (χ4v) is 28.4. The van der Waals surface area contributed by atoms with Crippen molar-refractivity contribution in [3.05, 3.63) is 0 Å². The molecule has 0 aromatic carbocycles. The van der Waals surface area contributed by atoms with E-state index in [-0.39, 0.29) is 7.61 Å². The minimum absolute atomic E-state index is 0.105. The Kier molecular flexibility index (Phi) is 6.69. The molecular formula is C21H44P2. The molecule has 2 saturated carbocycles. The molecule has 2 aliphatic rings. The Balaban J connectivity index is 2.44. The van der Waals surface area contributed by atoms with Crippen LogP contribution in [0.1, 0.15) is 106 Å². The predicted molar refractivity (Wildman–Crippen MR) is 114 cm³/mol. The molecule has 0 atom stereocenters. The molecule has 0 aromatic rings. The molecule has 0 amide bonds. The van der Waals surface area contributed by atoms with E-state index in [0.29, 0.717) is 10.3 Å². The molecule has 0 unspecified atom stereocenters. The van der Waals surface area contributed by atoms with Gasteiger partial charge in [0.05, 0.1) is 0 Å². The zero-order valence-corrected chi connectivity index (χ0v) is 19.1. The summed E-state index contributed by atoms with van der Waals surface area (Å²) in [4.78, 5) is 0. The van der Waals surface area contributed by atoms with E-state index in [2.05, 4.69) is 48.2 Å². The van der Waals surface area contributed by atoms with Crippen LogP contribution < -0.4 is 0 Å². The summed E-state index contributed by atoms with van der Waals surface area (Å²) < 4.78 is 0. The Bertz CT molecular complexity index is 330. The average molecular weight is 359 g/mol. The molecule has 2 heteroatoms. The van der Waals surface area contributed by atoms with Gasteiger partial charge in [-0.15, -0.1) is 0 Å². The molecule has 23 heavy (non-hydrogen) atoms. The van der Waals surface area contributed by atoms with Crippen molar-refractivity contribution < 1.29 is 0 Å². The summed E-state index contributed by atoms with van der Waals surface area (Å²) >= 11 is 0. The normalized spacial score (nSPS) is 24.2. The van der Waals surface area contributed by atoms with Gasteiger partial charge in [-0.25, -0.2) is 0 Å². The summed E-state index contributed by atoms with van der Waals surface area (Å²) in [5.41, 5.74) is 2.26. The molecule has 0 saturated heterocycles. The van der Waals surface area contributed by atoms with Crippen LogP contribution in [0.15, 0.2) is 0 Å². The van der Waals surface area contributed by atoms with E-state index in [4.69, 9.17) is 0 Å². The molecule has 0 spiro atoms. The van der Waals surface area contributed by atoms with Gasteiger partial charge < -0.3 is 0 Å². The minimum atomic E-state index is -1.28. The Hall–Kier alpha value is 0.860. The van der Waals surface area contributed by atoms with Gasteiger partial charge in [-0.05, 0) is 0 Å². The quantitative estimate of drug-likeness (QED) is 0.448. The Morgan fingerprint density at radius 2 is 0.913 bits per heavy atom. The molecule has 0 nitrogen and oxygen atoms in total. The van der Waals surface area contributed by atoms with Crippen LogP contribution in [0.2, 0.25) is 0 Å². The standard InChI is InChI=1S/C21H44P2/c1-20(2,3)22(21(4,5)6)23(7,18-14-10-8-11-15-18)19-16-12-9-13-17-19/h18-19,23H,8-17H2,1-7H3. The van der Waals surface area contributed by atoms with Crippen molar-refractivity contribution >= 4 is 14.6 Å². The van der Waals surface area contributed by atoms with E-state index >= 15 is 0 Å². The third kappa shape index (κ3) is 4.53. The van der Waals surface area contributed by atoms with Crippen LogP contribution in [0.25, 0.3) is 0 Å². The summed E-state index contributed by atoms with van der Waals surface area (Å²) in [5.74, 6) is 0. The second kappa shape index (κ2) is 7.62. The molecule has 0 heterocycles. The SMILES string of the molecule is CC(C)(C)P(C(C)(C)C)[PH](C)(C1CCCCC1)C1CCCCC1. The molecule has 0 aliphatic heterocycles. The summed E-state index contributed by atoms with van der Waals surface area (Å²) in [7, 11) is 0.105. The zero-order valence-electron chi connectivity index (χ0n) is 17.2. The van der Waals surface area contributed by atoms with Gasteiger partial charge in [-0.2, -0.15) is 0 Å². The van der Waals surface area contributed by atoms with Crippen molar-refractivity contribution in [3.63, 3.8) is 0 Å². The number of hydrogen-bond acceptors (Lipinski definition) is 0. The van der Waals surface area contributed by atoms with Crippen LogP contribution >= 0.6 is 14.6 Å². The molecule has 2 fully saturated rings. The van der Waals surface area contributed by atoms with Gasteiger partial charge in [0.15, 0.2) is 0 Å². The maximum absolute atomic E-state index is 2.90. The summed E-state index contributed by atoms with van der Waals surface area (Å²) in [5, 5.41) is 1.03. The first kappa shape index (κ1) is 20.2. The second-order valence-electron chi connectivity index (χ2n) is 10.6. The number of hydrogen-bond donors (Lipinski definition) is 0. The van der Waals surface area contributed by atoms with E-state index in [1.165, 1.54) is 38.5 Å². The van der Waals surface area contributed by atoms with E-state index < -0.39 is 6.95 Å². The van der Waals surface area contributed by atoms with Gasteiger partial charge in [-0.1, -0.05) is 0 Å². The third-order valence-electron chi connectivity index (χ3n) is 6.69. The van der Waals surface area contributed by atoms with Gasteiger partial charge in [0.1, 0.15) is 0 Å². The van der Waals surface area contributed by atoms with Crippen LogP contribution in [-0.4, -0.2) is 28.3 Å². The average Bonchev–Trinajstić information content (AvgIpc) is 2.46. The van der Waals surface area contributed by atoms with Gasteiger partial charge in [-0.3, -0.25) is 0 Å². The Morgan fingerprint density at radius 3 is 1.17 bits per heavy atom. The van der Waals surface area contributed by atoms with Gasteiger partial charge >= 0.3 is 149 Å². The molecule has 0 N–H and O–H groups in total. The first-order valence-electron chi connectivity index (χ1n) is 10.4. The van der Waals surface area contributed by atoms with Crippen molar-refractivity contribution in [2.75, 3.05) is 6.66 Å². The van der Waals surface area contributed by atoms with E-state index in [9.17, 15) is 0 Å². The Morgan fingerprint density at radius 1 is 0.609 bits per heavy atom. The summed E-state index contributed by atoms with van der Waals surface area (Å²) in [6, 6.07) is 0. The van der Waals surface area contributed by atoms with E-state index in [0.717, 1.165) is 11.3 Å². The summed E-state index contributed by atoms with van der Waals surface area (Å²) in [6.07, 6.45) is 15.4. The Labute approximate surface area is 149 Å². The van der Waals surface area contributed by atoms with Crippen LogP contribution in [0.5, 0.6) is 0 Å². The van der Waals surface area contributed by atoms with Crippen LogP contribution in [0, 0.1) is 0 Å². The van der Waals surface area contributed by atoms with Gasteiger partial charge in [0.25, 0.3) is 0 Å². The van der Waals surface area contributed by atoms with Crippen molar-refractivity contribution in [2.24, 2.45) is 0 Å². The van der Waals surface area contributed by atoms with Crippen molar-refractivity contribution in [3.8, 4) is 0 Å². The predicted octanol–water partition coefficient (Wildman–Crippen LogP) is 8.03. The molecule has 2 aliphatic carbocycles. The van der Waals surface area contributed by atoms with Gasteiger partial charge in [0.2, 0.25) is 0 Å². The van der Waals surface area contributed by atoms with Crippen LogP contribution in [0.4, 0.5) is 0 Å². The molecular weight excluding hydrogens is 314 g/mol. The van der Waals surface area contributed by atoms with E-state index in [1.54, 1.807) is 25.7 Å². The van der Waals surface area contributed by atoms with Crippen molar-refractivity contribution in [1.29, 1.82) is 0 Å². The summed E-state index contributed by atoms with van der Waals surface area (Å²) in [6.45, 7) is 17.1. The number of rotatable bonds is 3. The van der Waals surface area contributed by atoms with Crippen LogP contribution in [0.3, 0.4) is 0 Å². The van der Waals surface area contributed by atoms with Gasteiger partial charge in [0, 0.05) is 0 Å². The van der Waals surface area contributed by atoms with Crippen LogP contribution in [-0.2, 0) is 0 Å². The third-order valence-corrected chi connectivity index (χ3v) is 23.9. The zero-order chi connectivity index (χ0) is 17.3. The first-order valence-corrected chi connectivity index (χ1v) is 15.2. The topological polar surface area (TPSA) is 0 Å². The molecule has 2 rings (SSSR count). The fraction of sp³-hybridized carbons (Fsp3) is 1.00. The first-order chi connectivity index (χ1) is 10.6. The second-order valence-corrected chi connectivity index (χ2v) is 22.2. The monoisotopic (exact) mass is 358 g/mol. The maximum atomic E-state index is 2.90. The molecule has 0 radical (unpaired) electrons. The fourth-order valence-electron chi connectivity index (χ4n) is 6.52. The van der Waals surface area contributed by atoms with E-state index in [1.807, 2.05) is 0 Å². The molecule has 0 aromatic heterocycles. The molecule has 0 bridgehead atoms. The molecule has 138 valence electrons.